The summed E-state index contributed by atoms with van der Waals surface area (Å²) >= 11 is 0. The van der Waals surface area contributed by atoms with E-state index in [0.717, 1.165) is 44.9 Å². The van der Waals surface area contributed by atoms with Crippen LogP contribution in [0.5, 0.6) is 0 Å². The summed E-state index contributed by atoms with van der Waals surface area (Å²) in [5.74, 6) is -0.0935. The molecular formula is C32H61NO3. The molecule has 0 aliphatic rings. The molecule has 0 aliphatic heterocycles. The highest BCUT2D eigenvalue weighted by molar-refractivity contribution is 5.76. The minimum atomic E-state index is -0.853. The van der Waals surface area contributed by atoms with Gasteiger partial charge < -0.3 is 15.5 Å². The van der Waals surface area contributed by atoms with Gasteiger partial charge in [0.05, 0.1) is 18.8 Å². The molecule has 0 aromatic rings. The van der Waals surface area contributed by atoms with Crippen molar-refractivity contribution < 1.29 is 15.0 Å². The summed E-state index contributed by atoms with van der Waals surface area (Å²) in [5.41, 5.74) is 0. The van der Waals surface area contributed by atoms with Crippen molar-refractivity contribution in [1.82, 2.24) is 5.32 Å². The summed E-state index contributed by atoms with van der Waals surface area (Å²) in [6, 6.07) is -0.629. The van der Waals surface area contributed by atoms with Gasteiger partial charge in [-0.2, -0.15) is 0 Å². The summed E-state index contributed by atoms with van der Waals surface area (Å²) in [6.07, 6.45) is 34.4. The lowest BCUT2D eigenvalue weighted by molar-refractivity contribution is -0.123. The Morgan fingerprint density at radius 2 is 1.08 bits per heavy atom. The van der Waals surface area contributed by atoms with Crippen LogP contribution in [0.4, 0.5) is 0 Å². The molecule has 3 N–H and O–H groups in total. The predicted octanol–water partition coefficient (Wildman–Crippen LogP) is 8.56. The van der Waals surface area contributed by atoms with Crippen molar-refractivity contribution in [1.29, 1.82) is 0 Å². The van der Waals surface area contributed by atoms with Crippen LogP contribution in [0, 0.1) is 0 Å². The molecule has 2 unspecified atom stereocenters. The highest BCUT2D eigenvalue weighted by Crippen LogP contribution is 2.13. The number of hydrogen-bond acceptors (Lipinski definition) is 3. The Morgan fingerprint density at radius 3 is 1.61 bits per heavy atom. The van der Waals surface area contributed by atoms with Crippen LogP contribution < -0.4 is 5.32 Å². The van der Waals surface area contributed by atoms with Gasteiger partial charge in [0.2, 0.25) is 5.91 Å². The second kappa shape index (κ2) is 28.4. The van der Waals surface area contributed by atoms with Gasteiger partial charge in [-0.25, -0.2) is 0 Å². The number of unbranched alkanes of at least 4 members (excludes halogenated alkanes) is 18. The van der Waals surface area contributed by atoms with Crippen LogP contribution in [0.2, 0.25) is 0 Å². The molecule has 0 saturated heterocycles. The Labute approximate surface area is 224 Å². The fourth-order valence-electron chi connectivity index (χ4n) is 4.48. The molecule has 0 spiro atoms. The standard InChI is InChI=1S/C32H61NO3/c1-3-5-7-9-10-11-12-13-14-15-16-17-18-19-20-21-22-23-24-25-27-31(35)30(29-34)33-32(36)28-26-8-6-4-2/h21-22,25,27,30-31,34-35H,3-20,23-24,26,28-29H2,1-2H3,(H,33,36)/b22-21+,27-25+. The zero-order valence-corrected chi connectivity index (χ0v) is 24.0. The molecule has 212 valence electrons. The monoisotopic (exact) mass is 507 g/mol. The van der Waals surface area contributed by atoms with Crippen molar-refractivity contribution in [3.8, 4) is 0 Å². The molecule has 0 aromatic heterocycles. The quantitative estimate of drug-likeness (QED) is 0.0770. The molecule has 0 fully saturated rings. The van der Waals surface area contributed by atoms with Gasteiger partial charge in [0.15, 0.2) is 0 Å². The lowest BCUT2D eigenvalue weighted by atomic mass is 10.0. The first-order valence-corrected chi connectivity index (χ1v) is 15.6. The van der Waals surface area contributed by atoms with Crippen molar-refractivity contribution >= 4 is 5.91 Å². The SMILES string of the molecule is CCCCCCCCCCCCCCCC/C=C/CC/C=C/C(O)C(CO)NC(=O)CCCCCC. The maximum Gasteiger partial charge on any atom is 0.220 e. The first-order valence-electron chi connectivity index (χ1n) is 15.6. The number of nitrogens with one attached hydrogen (secondary N) is 1. The molecule has 0 bridgehead atoms. The molecule has 36 heavy (non-hydrogen) atoms. The lowest BCUT2D eigenvalue weighted by Gasteiger charge is -2.19. The number of hydrogen-bond donors (Lipinski definition) is 3. The molecule has 0 rings (SSSR count). The number of aliphatic hydroxyl groups excluding tert-OH is 2. The fourth-order valence-corrected chi connectivity index (χ4v) is 4.48. The summed E-state index contributed by atoms with van der Waals surface area (Å²) in [7, 11) is 0. The minimum Gasteiger partial charge on any atom is -0.394 e. The molecule has 0 heterocycles. The summed E-state index contributed by atoms with van der Waals surface area (Å²) in [5, 5.41) is 22.5. The van der Waals surface area contributed by atoms with Crippen molar-refractivity contribution in [2.75, 3.05) is 6.61 Å². The van der Waals surface area contributed by atoms with Gasteiger partial charge in [-0.3, -0.25) is 4.79 Å². The van der Waals surface area contributed by atoms with Crippen molar-refractivity contribution in [3.05, 3.63) is 24.3 Å². The van der Waals surface area contributed by atoms with E-state index in [1.807, 2.05) is 6.08 Å². The Kier molecular flexibility index (Phi) is 27.5. The van der Waals surface area contributed by atoms with Crippen LogP contribution in [0.25, 0.3) is 0 Å². The number of rotatable bonds is 27. The topological polar surface area (TPSA) is 69.6 Å². The average molecular weight is 508 g/mol. The normalized spacial score (nSPS) is 13.6. The van der Waals surface area contributed by atoms with E-state index in [1.54, 1.807) is 6.08 Å². The van der Waals surface area contributed by atoms with E-state index in [2.05, 4.69) is 31.3 Å². The largest absolute Gasteiger partial charge is 0.394 e. The highest BCUT2D eigenvalue weighted by atomic mass is 16.3. The number of carbonyl (C=O) groups excluding carboxylic acids is 1. The lowest BCUT2D eigenvalue weighted by Crippen LogP contribution is -2.45. The van der Waals surface area contributed by atoms with Gasteiger partial charge in [0, 0.05) is 6.42 Å². The van der Waals surface area contributed by atoms with Crippen molar-refractivity contribution in [2.24, 2.45) is 0 Å². The average Bonchev–Trinajstić information content (AvgIpc) is 2.88. The Hall–Kier alpha value is -1.13. The van der Waals surface area contributed by atoms with Gasteiger partial charge >= 0.3 is 0 Å². The third-order valence-corrected chi connectivity index (χ3v) is 6.94. The van der Waals surface area contributed by atoms with E-state index in [1.165, 1.54) is 89.9 Å². The molecule has 4 nitrogen and oxygen atoms in total. The van der Waals surface area contributed by atoms with E-state index in [0.29, 0.717) is 6.42 Å². The van der Waals surface area contributed by atoms with Gasteiger partial charge in [-0.05, 0) is 32.1 Å². The van der Waals surface area contributed by atoms with Crippen LogP contribution in [0.15, 0.2) is 24.3 Å². The summed E-state index contributed by atoms with van der Waals surface area (Å²) in [4.78, 5) is 12.0. The van der Waals surface area contributed by atoms with E-state index >= 15 is 0 Å². The summed E-state index contributed by atoms with van der Waals surface area (Å²) in [6.45, 7) is 4.16. The fraction of sp³-hybridized carbons (Fsp3) is 0.844. The van der Waals surface area contributed by atoms with Crippen LogP contribution in [0.3, 0.4) is 0 Å². The molecule has 2 atom stereocenters. The van der Waals surface area contributed by atoms with Crippen molar-refractivity contribution in [3.63, 3.8) is 0 Å². The smallest absolute Gasteiger partial charge is 0.220 e. The third-order valence-electron chi connectivity index (χ3n) is 6.94. The zero-order chi connectivity index (χ0) is 26.5. The second-order valence-electron chi connectivity index (χ2n) is 10.5. The molecule has 1 amide bonds. The van der Waals surface area contributed by atoms with E-state index in [9.17, 15) is 15.0 Å². The van der Waals surface area contributed by atoms with Crippen LogP contribution in [0.1, 0.15) is 155 Å². The van der Waals surface area contributed by atoms with Crippen LogP contribution >= 0.6 is 0 Å². The van der Waals surface area contributed by atoms with E-state index in [-0.39, 0.29) is 12.5 Å². The maximum atomic E-state index is 12.0. The second-order valence-corrected chi connectivity index (χ2v) is 10.5. The Morgan fingerprint density at radius 1 is 0.639 bits per heavy atom. The van der Waals surface area contributed by atoms with Gasteiger partial charge in [-0.15, -0.1) is 0 Å². The first kappa shape index (κ1) is 34.9. The highest BCUT2D eigenvalue weighted by Gasteiger charge is 2.17. The van der Waals surface area contributed by atoms with Crippen molar-refractivity contribution in [2.45, 2.75) is 167 Å². The number of allylic oxidation sites excluding steroid dienone is 3. The van der Waals surface area contributed by atoms with E-state index < -0.39 is 12.1 Å². The first-order chi connectivity index (χ1) is 17.7. The third kappa shape index (κ3) is 24.6. The Balaban J connectivity index is 3.58. The minimum absolute atomic E-state index is 0.0935. The van der Waals surface area contributed by atoms with Gasteiger partial charge in [-0.1, -0.05) is 141 Å². The number of carbonyl (C=O) groups is 1. The molecule has 0 aromatic carbocycles. The zero-order valence-electron chi connectivity index (χ0n) is 24.0. The molecule has 0 radical (unpaired) electrons. The molecule has 0 aliphatic carbocycles. The predicted molar refractivity (Wildman–Crippen MR) is 156 cm³/mol. The maximum absolute atomic E-state index is 12.0. The Bertz CT molecular complexity index is 518. The van der Waals surface area contributed by atoms with Crippen LogP contribution in [-0.2, 0) is 4.79 Å². The summed E-state index contributed by atoms with van der Waals surface area (Å²) < 4.78 is 0. The number of amides is 1. The molecule has 4 heteroatoms. The molecular weight excluding hydrogens is 446 g/mol. The molecule has 0 saturated carbocycles. The van der Waals surface area contributed by atoms with Gasteiger partial charge in [0.1, 0.15) is 0 Å². The number of aliphatic hydroxyl groups is 2. The van der Waals surface area contributed by atoms with Crippen LogP contribution in [-0.4, -0.2) is 34.9 Å². The van der Waals surface area contributed by atoms with E-state index in [4.69, 9.17) is 0 Å². The van der Waals surface area contributed by atoms with Gasteiger partial charge in [0.25, 0.3) is 0 Å².